The molecule has 1 aliphatic carbocycles. The van der Waals surface area contributed by atoms with Crippen LogP contribution < -0.4 is 10.1 Å². The number of ether oxygens (including phenoxy) is 1. The van der Waals surface area contributed by atoms with Gasteiger partial charge in [-0.3, -0.25) is 4.79 Å². The van der Waals surface area contributed by atoms with Crippen molar-refractivity contribution in [3.8, 4) is 5.75 Å². The first kappa shape index (κ1) is 28.2. The lowest BCUT2D eigenvalue weighted by Crippen LogP contribution is -2.43. The number of nitrogens with one attached hydrogen (secondary N) is 1. The number of rotatable bonds is 10. The van der Waals surface area contributed by atoms with Crippen LogP contribution in [0.15, 0.2) is 60.7 Å². The van der Waals surface area contributed by atoms with Gasteiger partial charge in [0.05, 0.1) is 19.1 Å². The van der Waals surface area contributed by atoms with Gasteiger partial charge in [0, 0.05) is 29.7 Å². The van der Waals surface area contributed by atoms with Crippen molar-refractivity contribution in [3.63, 3.8) is 0 Å². The van der Waals surface area contributed by atoms with Crippen LogP contribution >= 0.6 is 11.6 Å². The summed E-state index contributed by atoms with van der Waals surface area (Å²) in [6.45, 7) is 1.12. The highest BCUT2D eigenvalue weighted by molar-refractivity contribution is 6.31. The molecular weight excluding hydrogens is 544 g/mol. The van der Waals surface area contributed by atoms with Crippen LogP contribution in [0.2, 0.25) is 5.02 Å². The monoisotopic (exact) mass is 572 g/mol. The van der Waals surface area contributed by atoms with Crippen molar-refractivity contribution < 1.29 is 27.1 Å². The predicted octanol–water partition coefficient (Wildman–Crippen LogP) is 6.70. The van der Waals surface area contributed by atoms with E-state index in [1.54, 1.807) is 17.0 Å². The Morgan fingerprint density at radius 2 is 1.75 bits per heavy atom. The Bertz CT molecular complexity index is 1410. The van der Waals surface area contributed by atoms with Crippen molar-refractivity contribution in [2.45, 2.75) is 38.3 Å². The Morgan fingerprint density at radius 3 is 2.52 bits per heavy atom. The van der Waals surface area contributed by atoms with E-state index in [-0.39, 0.29) is 25.1 Å². The minimum Gasteiger partial charge on any atom is -0.488 e. The molecule has 0 spiro atoms. The zero-order chi connectivity index (χ0) is 28.2. The van der Waals surface area contributed by atoms with Crippen LogP contribution in [-0.4, -0.2) is 36.5 Å². The van der Waals surface area contributed by atoms with Crippen LogP contribution in [0.1, 0.15) is 36.0 Å². The lowest BCUT2D eigenvalue weighted by atomic mass is 9.85. The molecule has 40 heavy (non-hydrogen) atoms. The topological polar surface area (TPSA) is 41.6 Å². The maximum absolute atomic E-state index is 14.6. The van der Waals surface area contributed by atoms with E-state index in [2.05, 4.69) is 5.32 Å². The third-order valence-electron chi connectivity index (χ3n) is 7.32. The first-order chi connectivity index (χ1) is 19.3. The molecule has 0 bridgehead atoms. The van der Waals surface area contributed by atoms with E-state index in [1.807, 2.05) is 30.3 Å². The fourth-order valence-corrected chi connectivity index (χ4v) is 5.33. The molecule has 1 unspecified atom stereocenters. The highest BCUT2D eigenvalue weighted by Crippen LogP contribution is 2.36. The molecule has 1 fully saturated rings. The molecule has 1 amide bonds. The number of carbonyl (C=O) groups is 1. The molecule has 0 radical (unpaired) electrons. The standard InChI is InChI=1S/C31H29ClF4N2O2/c32-25-8-3-9-26(33)24(25)18-38(20-10-11-20)31(39)23-17-37-15-14-22(23)21-7-2-1-5-19(21)6-4-16-40-30-28(35)13-12-27(34)29(30)36/h1-3,5,7-9,12-14,20,23,37H,4,6,10-11,15-18H2. The van der Waals surface area contributed by atoms with E-state index in [0.29, 0.717) is 42.6 Å². The average Bonchev–Trinajstić information content (AvgIpc) is 3.80. The molecule has 0 saturated heterocycles. The maximum atomic E-state index is 14.6. The summed E-state index contributed by atoms with van der Waals surface area (Å²) in [5.74, 6) is -5.21. The SMILES string of the molecule is O=C(C1CNCC=C1c1ccccc1CCCOc1c(F)ccc(F)c1F)N(Cc1c(F)cccc1Cl)C1CC1. The lowest BCUT2D eigenvalue weighted by Gasteiger charge is -2.32. The molecule has 3 aromatic carbocycles. The molecule has 0 aromatic heterocycles. The van der Waals surface area contributed by atoms with Crippen molar-refractivity contribution in [1.82, 2.24) is 10.2 Å². The lowest BCUT2D eigenvalue weighted by molar-refractivity contribution is -0.134. The molecule has 1 aliphatic heterocycles. The third kappa shape index (κ3) is 6.18. The van der Waals surface area contributed by atoms with Gasteiger partial charge >= 0.3 is 0 Å². The van der Waals surface area contributed by atoms with Crippen LogP contribution in [-0.2, 0) is 17.8 Å². The van der Waals surface area contributed by atoms with Gasteiger partial charge in [-0.2, -0.15) is 4.39 Å². The van der Waals surface area contributed by atoms with E-state index < -0.39 is 34.9 Å². The zero-order valence-electron chi connectivity index (χ0n) is 21.7. The van der Waals surface area contributed by atoms with E-state index in [4.69, 9.17) is 16.3 Å². The molecule has 5 rings (SSSR count). The summed E-state index contributed by atoms with van der Waals surface area (Å²) < 4.78 is 61.1. The Hall–Kier alpha value is -3.36. The number of hydrogen-bond donors (Lipinski definition) is 1. The Morgan fingerprint density at radius 1 is 0.975 bits per heavy atom. The van der Waals surface area contributed by atoms with Crippen LogP contribution in [0.3, 0.4) is 0 Å². The van der Waals surface area contributed by atoms with Crippen LogP contribution in [0.4, 0.5) is 17.6 Å². The van der Waals surface area contributed by atoms with Gasteiger partial charge in [-0.1, -0.05) is 48.0 Å². The first-order valence-electron chi connectivity index (χ1n) is 13.3. The maximum Gasteiger partial charge on any atom is 0.231 e. The van der Waals surface area contributed by atoms with Crippen LogP contribution in [0.25, 0.3) is 5.57 Å². The van der Waals surface area contributed by atoms with Gasteiger partial charge in [-0.15, -0.1) is 0 Å². The van der Waals surface area contributed by atoms with Crippen LogP contribution in [0.5, 0.6) is 5.75 Å². The molecule has 9 heteroatoms. The van der Waals surface area contributed by atoms with Gasteiger partial charge in [0.15, 0.2) is 17.4 Å². The van der Waals surface area contributed by atoms with Crippen molar-refractivity contribution >= 4 is 23.1 Å². The Balaban J connectivity index is 1.32. The molecular formula is C31H29ClF4N2O2. The number of amides is 1. The number of aryl methyl sites for hydroxylation is 1. The normalized spacial score (nSPS) is 16.9. The second kappa shape index (κ2) is 12.4. The second-order valence-electron chi connectivity index (χ2n) is 10.0. The number of nitrogens with zero attached hydrogens (tertiary/aromatic N) is 1. The summed E-state index contributed by atoms with van der Waals surface area (Å²) >= 11 is 6.29. The third-order valence-corrected chi connectivity index (χ3v) is 7.67. The number of hydrogen-bond acceptors (Lipinski definition) is 3. The summed E-state index contributed by atoms with van der Waals surface area (Å²) in [5, 5.41) is 3.57. The Kier molecular flexibility index (Phi) is 8.76. The molecule has 2 aliphatic rings. The van der Waals surface area contributed by atoms with Gasteiger partial charge in [-0.05, 0) is 66.6 Å². The van der Waals surface area contributed by atoms with Gasteiger partial charge in [0.25, 0.3) is 0 Å². The molecule has 4 nitrogen and oxygen atoms in total. The number of carbonyl (C=O) groups excluding carboxylic acids is 1. The zero-order valence-corrected chi connectivity index (χ0v) is 22.5. The fraction of sp³-hybridized carbons (Fsp3) is 0.323. The van der Waals surface area contributed by atoms with E-state index in [0.717, 1.165) is 35.6 Å². The van der Waals surface area contributed by atoms with Crippen molar-refractivity contribution in [3.05, 3.63) is 106 Å². The van der Waals surface area contributed by atoms with Gasteiger partial charge < -0.3 is 15.0 Å². The molecule has 3 aromatic rings. The average molecular weight is 573 g/mol. The van der Waals surface area contributed by atoms with Crippen molar-refractivity contribution in [2.75, 3.05) is 19.7 Å². The summed E-state index contributed by atoms with van der Waals surface area (Å²) in [5.41, 5.74) is 3.05. The first-order valence-corrected chi connectivity index (χ1v) is 13.7. The van der Waals surface area contributed by atoms with Gasteiger partial charge in [0.1, 0.15) is 5.82 Å². The predicted molar refractivity (Wildman–Crippen MR) is 146 cm³/mol. The number of benzene rings is 3. The fourth-order valence-electron chi connectivity index (χ4n) is 5.10. The van der Waals surface area contributed by atoms with E-state index in [9.17, 15) is 22.4 Å². The van der Waals surface area contributed by atoms with Crippen LogP contribution in [0, 0.1) is 29.2 Å². The second-order valence-corrected chi connectivity index (χ2v) is 10.5. The summed E-state index contributed by atoms with van der Waals surface area (Å²) in [7, 11) is 0. The quantitative estimate of drug-likeness (QED) is 0.167. The summed E-state index contributed by atoms with van der Waals surface area (Å²) in [6, 6.07) is 13.8. The smallest absolute Gasteiger partial charge is 0.231 e. The largest absolute Gasteiger partial charge is 0.488 e. The molecule has 1 saturated carbocycles. The minimum atomic E-state index is -1.35. The number of halogens is 5. The van der Waals surface area contributed by atoms with Crippen molar-refractivity contribution in [1.29, 1.82) is 0 Å². The molecule has 210 valence electrons. The van der Waals surface area contributed by atoms with E-state index >= 15 is 0 Å². The highest BCUT2D eigenvalue weighted by atomic mass is 35.5. The van der Waals surface area contributed by atoms with Gasteiger partial charge in [-0.25, -0.2) is 13.2 Å². The highest BCUT2D eigenvalue weighted by Gasteiger charge is 2.38. The minimum absolute atomic E-state index is 0.0204. The molecule has 1 N–H and O–H groups in total. The molecule has 1 atom stereocenters. The Labute approximate surface area is 235 Å². The summed E-state index contributed by atoms with van der Waals surface area (Å²) in [4.78, 5) is 15.7. The van der Waals surface area contributed by atoms with E-state index in [1.165, 1.54) is 6.07 Å². The summed E-state index contributed by atoms with van der Waals surface area (Å²) in [6.07, 6.45) is 4.65. The van der Waals surface area contributed by atoms with Crippen molar-refractivity contribution in [2.24, 2.45) is 5.92 Å². The van der Waals surface area contributed by atoms with Gasteiger partial charge in [0.2, 0.25) is 11.7 Å². The molecule has 1 heterocycles.